The summed E-state index contributed by atoms with van der Waals surface area (Å²) in [4.78, 5) is 10.2. The highest BCUT2D eigenvalue weighted by Gasteiger charge is 1.78. The van der Waals surface area contributed by atoms with Crippen LogP contribution in [0.15, 0.2) is 24.3 Å². The maximum atomic E-state index is 10.2. The Morgan fingerprint density at radius 2 is 1.88 bits per heavy atom. The Morgan fingerprint density at radius 1 is 1.38 bits per heavy atom. The van der Waals surface area contributed by atoms with Crippen molar-refractivity contribution in [3.8, 4) is 0 Å². The number of hydrogen-bond donors (Lipinski definition) is 0. The van der Waals surface area contributed by atoms with Gasteiger partial charge in [-0.1, -0.05) is 18.2 Å². The predicted octanol–water partition coefficient (Wildman–Crippen LogP) is 1.71. The van der Waals surface area contributed by atoms with Crippen molar-refractivity contribution >= 4 is 5.78 Å². The van der Waals surface area contributed by atoms with E-state index in [1.165, 1.54) is 13.0 Å². The molecule has 44 valence electrons. The highest BCUT2D eigenvalue weighted by molar-refractivity contribution is 5.87. The molecule has 1 heteroatoms. The fraction of sp³-hybridized carbons (Fsp3) is 0.286. The molecule has 0 saturated heterocycles. The third-order valence-electron chi connectivity index (χ3n) is 0.603. The maximum Gasteiger partial charge on any atom is 0.152 e. The Labute approximate surface area is 49.7 Å². The number of hydrogen-bond acceptors (Lipinski definition) is 1. The van der Waals surface area contributed by atoms with E-state index < -0.39 is 0 Å². The average Bonchev–Trinajstić information content (AvgIpc) is 1.61. The minimum absolute atomic E-state index is 0.0630. The van der Waals surface area contributed by atoms with Crippen molar-refractivity contribution in [3.63, 3.8) is 0 Å². The molecule has 8 heavy (non-hydrogen) atoms. The lowest BCUT2D eigenvalue weighted by Crippen LogP contribution is -1.78. The van der Waals surface area contributed by atoms with Gasteiger partial charge in [0.05, 0.1) is 0 Å². The Balaban J connectivity index is 3.67. The first-order valence-corrected chi connectivity index (χ1v) is 2.47. The van der Waals surface area contributed by atoms with Crippen LogP contribution in [0.4, 0.5) is 0 Å². The van der Waals surface area contributed by atoms with Crippen LogP contribution in [0, 0.1) is 0 Å². The number of ketones is 1. The van der Waals surface area contributed by atoms with E-state index in [-0.39, 0.29) is 5.78 Å². The Hall–Kier alpha value is -0.850. The average molecular weight is 110 g/mol. The molecule has 0 aromatic heterocycles. The van der Waals surface area contributed by atoms with Crippen LogP contribution in [0.25, 0.3) is 0 Å². The summed E-state index contributed by atoms with van der Waals surface area (Å²) in [5, 5.41) is 0. The van der Waals surface area contributed by atoms with E-state index in [1.54, 1.807) is 6.08 Å². The number of carbonyl (C=O) groups excluding carboxylic acids is 1. The van der Waals surface area contributed by atoms with Crippen molar-refractivity contribution in [2.75, 3.05) is 0 Å². The van der Waals surface area contributed by atoms with Crippen LogP contribution >= 0.6 is 0 Å². The topological polar surface area (TPSA) is 17.1 Å². The SMILES string of the molecule is C=C(C)/C=C/C(C)=O. The Morgan fingerprint density at radius 3 is 2.00 bits per heavy atom. The van der Waals surface area contributed by atoms with Crippen molar-refractivity contribution in [3.05, 3.63) is 24.3 Å². The summed E-state index contributed by atoms with van der Waals surface area (Å²) < 4.78 is 0. The molecule has 0 radical (unpaired) electrons. The van der Waals surface area contributed by atoms with Crippen LogP contribution in [0.1, 0.15) is 13.8 Å². The molecule has 0 aromatic rings. The summed E-state index contributed by atoms with van der Waals surface area (Å²) >= 11 is 0. The van der Waals surface area contributed by atoms with Gasteiger partial charge in [0.15, 0.2) is 5.78 Å². The molecule has 0 spiro atoms. The molecule has 0 heterocycles. The third-order valence-corrected chi connectivity index (χ3v) is 0.603. The highest BCUT2D eigenvalue weighted by Crippen LogP contribution is 1.87. The van der Waals surface area contributed by atoms with Crippen LogP contribution in [0.5, 0.6) is 0 Å². The molecule has 0 unspecified atom stereocenters. The van der Waals surface area contributed by atoms with Crippen molar-refractivity contribution in [1.82, 2.24) is 0 Å². The van der Waals surface area contributed by atoms with E-state index in [9.17, 15) is 4.79 Å². The molecule has 0 atom stereocenters. The molecule has 0 aromatic carbocycles. The quantitative estimate of drug-likeness (QED) is 0.390. The molecule has 0 saturated carbocycles. The zero-order valence-corrected chi connectivity index (χ0v) is 5.27. The second kappa shape index (κ2) is 3.19. The zero-order chi connectivity index (χ0) is 6.57. The van der Waals surface area contributed by atoms with E-state index in [2.05, 4.69) is 6.58 Å². The van der Waals surface area contributed by atoms with Crippen LogP contribution in [-0.2, 0) is 4.79 Å². The van der Waals surface area contributed by atoms with Crippen molar-refractivity contribution in [1.29, 1.82) is 0 Å². The first-order chi connectivity index (χ1) is 3.63. The molecule has 0 aliphatic rings. The molecular formula is C7H10O. The Kier molecular flexibility index (Phi) is 2.85. The van der Waals surface area contributed by atoms with E-state index in [4.69, 9.17) is 0 Å². The summed E-state index contributed by atoms with van der Waals surface area (Å²) in [6.07, 6.45) is 3.20. The molecule has 0 N–H and O–H groups in total. The number of rotatable bonds is 2. The monoisotopic (exact) mass is 110 g/mol. The van der Waals surface area contributed by atoms with E-state index in [0.29, 0.717) is 0 Å². The molecule has 0 aliphatic carbocycles. The lowest BCUT2D eigenvalue weighted by molar-refractivity contribution is -0.112. The summed E-state index contributed by atoms with van der Waals surface area (Å²) in [6.45, 7) is 6.95. The molecule has 0 aliphatic heterocycles. The van der Waals surface area contributed by atoms with Gasteiger partial charge >= 0.3 is 0 Å². The molecule has 1 nitrogen and oxygen atoms in total. The first kappa shape index (κ1) is 7.15. The molecule has 0 rings (SSSR count). The molecular weight excluding hydrogens is 100 g/mol. The van der Waals surface area contributed by atoms with E-state index >= 15 is 0 Å². The van der Waals surface area contributed by atoms with Gasteiger partial charge in [-0.2, -0.15) is 0 Å². The summed E-state index contributed by atoms with van der Waals surface area (Å²) in [5.74, 6) is 0.0630. The number of allylic oxidation sites excluding steroid dienone is 3. The van der Waals surface area contributed by atoms with Gasteiger partial charge in [0.2, 0.25) is 0 Å². The Bertz CT molecular complexity index is 115. The minimum Gasteiger partial charge on any atom is -0.295 e. The van der Waals surface area contributed by atoms with Crippen LogP contribution in [0.3, 0.4) is 0 Å². The van der Waals surface area contributed by atoms with E-state index in [1.807, 2.05) is 6.92 Å². The van der Waals surface area contributed by atoms with Gasteiger partial charge in [-0.3, -0.25) is 4.79 Å². The standard InChI is InChI=1S/C7H10O/c1-6(2)4-5-7(3)8/h4-5H,1H2,2-3H3/b5-4+. The molecule has 0 amide bonds. The minimum atomic E-state index is 0.0630. The molecule has 0 fully saturated rings. The van der Waals surface area contributed by atoms with Crippen molar-refractivity contribution in [2.24, 2.45) is 0 Å². The van der Waals surface area contributed by atoms with Crippen LogP contribution < -0.4 is 0 Å². The predicted molar refractivity (Wildman–Crippen MR) is 34.6 cm³/mol. The van der Waals surface area contributed by atoms with Crippen LogP contribution in [-0.4, -0.2) is 5.78 Å². The van der Waals surface area contributed by atoms with Crippen molar-refractivity contribution < 1.29 is 4.79 Å². The van der Waals surface area contributed by atoms with Gasteiger partial charge in [-0.05, 0) is 19.9 Å². The summed E-state index contributed by atoms with van der Waals surface area (Å²) in [7, 11) is 0. The zero-order valence-electron chi connectivity index (χ0n) is 5.27. The smallest absolute Gasteiger partial charge is 0.152 e. The number of carbonyl (C=O) groups is 1. The maximum absolute atomic E-state index is 10.2. The van der Waals surface area contributed by atoms with Gasteiger partial charge < -0.3 is 0 Å². The fourth-order valence-corrected chi connectivity index (χ4v) is 0.260. The van der Waals surface area contributed by atoms with Gasteiger partial charge in [0, 0.05) is 0 Å². The van der Waals surface area contributed by atoms with Gasteiger partial charge in [0.25, 0.3) is 0 Å². The largest absolute Gasteiger partial charge is 0.295 e. The lowest BCUT2D eigenvalue weighted by Gasteiger charge is -1.80. The van der Waals surface area contributed by atoms with Gasteiger partial charge in [-0.15, -0.1) is 0 Å². The molecule has 0 bridgehead atoms. The highest BCUT2D eigenvalue weighted by atomic mass is 16.1. The third kappa shape index (κ3) is 5.15. The second-order valence-electron chi connectivity index (χ2n) is 1.79. The summed E-state index contributed by atoms with van der Waals surface area (Å²) in [6, 6.07) is 0. The lowest BCUT2D eigenvalue weighted by atomic mass is 10.3. The van der Waals surface area contributed by atoms with Gasteiger partial charge in [0.1, 0.15) is 0 Å². The fourth-order valence-electron chi connectivity index (χ4n) is 0.260. The van der Waals surface area contributed by atoms with Crippen molar-refractivity contribution in [2.45, 2.75) is 13.8 Å². The second-order valence-corrected chi connectivity index (χ2v) is 1.79. The first-order valence-electron chi connectivity index (χ1n) is 2.47. The van der Waals surface area contributed by atoms with E-state index in [0.717, 1.165) is 5.57 Å². The normalized spacial score (nSPS) is 9.75. The summed E-state index contributed by atoms with van der Waals surface area (Å²) in [5.41, 5.74) is 0.903. The van der Waals surface area contributed by atoms with Crippen LogP contribution in [0.2, 0.25) is 0 Å². The van der Waals surface area contributed by atoms with Gasteiger partial charge in [-0.25, -0.2) is 0 Å².